The maximum Gasteiger partial charge on any atom is 0.123 e. The molecule has 0 spiro atoms. The summed E-state index contributed by atoms with van der Waals surface area (Å²) in [7, 11) is 0. The molecule has 1 saturated heterocycles. The summed E-state index contributed by atoms with van der Waals surface area (Å²) in [5.41, 5.74) is 7.76. The van der Waals surface area contributed by atoms with E-state index in [0.717, 1.165) is 18.5 Å². The molecule has 1 aliphatic heterocycles. The number of nitrogens with zero attached hydrogens (tertiary/aromatic N) is 1. The van der Waals surface area contributed by atoms with Crippen LogP contribution in [0.2, 0.25) is 0 Å². The van der Waals surface area contributed by atoms with E-state index in [4.69, 9.17) is 5.73 Å². The lowest BCUT2D eigenvalue weighted by atomic mass is 9.82. The summed E-state index contributed by atoms with van der Waals surface area (Å²) in [6.45, 7) is 8.04. The lowest BCUT2D eigenvalue weighted by Gasteiger charge is -2.27. The molecule has 2 N–H and O–H groups in total. The maximum absolute atomic E-state index is 12.9. The highest BCUT2D eigenvalue weighted by atomic mass is 19.1. The Morgan fingerprint density at radius 3 is 2.45 bits per heavy atom. The highest BCUT2D eigenvalue weighted by Gasteiger charge is 2.34. The molecule has 1 heterocycles. The second kappa shape index (κ2) is 6.68. The number of nitrogens with two attached hydrogens (primary N) is 1. The summed E-state index contributed by atoms with van der Waals surface area (Å²) in [5.74, 6) is -0.198. The molecule has 0 aliphatic carbocycles. The van der Waals surface area contributed by atoms with Crippen LogP contribution in [0.3, 0.4) is 0 Å². The number of halogens is 1. The van der Waals surface area contributed by atoms with Gasteiger partial charge in [-0.05, 0) is 61.9 Å². The molecule has 0 bridgehead atoms. The second-order valence-corrected chi connectivity index (χ2v) is 6.18. The molecule has 3 heteroatoms. The minimum absolute atomic E-state index is 0.00820. The van der Waals surface area contributed by atoms with Crippen LogP contribution < -0.4 is 5.73 Å². The van der Waals surface area contributed by atoms with Gasteiger partial charge >= 0.3 is 0 Å². The molecule has 1 aromatic carbocycles. The monoisotopic (exact) mass is 278 g/mol. The van der Waals surface area contributed by atoms with Crippen molar-refractivity contribution in [3.05, 3.63) is 35.6 Å². The van der Waals surface area contributed by atoms with E-state index in [0.29, 0.717) is 5.41 Å². The van der Waals surface area contributed by atoms with Gasteiger partial charge in [0.2, 0.25) is 0 Å². The van der Waals surface area contributed by atoms with Crippen molar-refractivity contribution in [1.82, 2.24) is 4.90 Å². The summed E-state index contributed by atoms with van der Waals surface area (Å²) in [6, 6.07) is 6.58. The Bertz CT molecular complexity index is 412. The van der Waals surface area contributed by atoms with Crippen molar-refractivity contribution < 1.29 is 4.39 Å². The largest absolute Gasteiger partial charge is 0.324 e. The van der Waals surface area contributed by atoms with Crippen LogP contribution in [-0.2, 0) is 0 Å². The minimum atomic E-state index is -0.198. The Balaban J connectivity index is 1.82. The molecule has 0 amide bonds. The van der Waals surface area contributed by atoms with Crippen molar-refractivity contribution in [3.8, 4) is 0 Å². The number of hydrogen-bond acceptors (Lipinski definition) is 2. The van der Waals surface area contributed by atoms with E-state index >= 15 is 0 Å². The van der Waals surface area contributed by atoms with Crippen molar-refractivity contribution in [2.45, 2.75) is 45.6 Å². The minimum Gasteiger partial charge on any atom is -0.324 e. The van der Waals surface area contributed by atoms with Crippen LogP contribution >= 0.6 is 0 Å². The van der Waals surface area contributed by atoms with E-state index < -0.39 is 0 Å². The fraction of sp³-hybridized carbons (Fsp3) is 0.647. The smallest absolute Gasteiger partial charge is 0.123 e. The predicted octanol–water partition coefficient (Wildman–Crippen LogP) is 3.73. The Morgan fingerprint density at radius 2 is 1.90 bits per heavy atom. The molecule has 2 rings (SSSR count). The van der Waals surface area contributed by atoms with E-state index in [-0.39, 0.29) is 11.9 Å². The van der Waals surface area contributed by atoms with Gasteiger partial charge in [0.05, 0.1) is 0 Å². The average molecular weight is 278 g/mol. The van der Waals surface area contributed by atoms with Crippen LogP contribution in [0, 0.1) is 11.2 Å². The van der Waals surface area contributed by atoms with E-state index in [1.54, 1.807) is 12.1 Å². The van der Waals surface area contributed by atoms with Gasteiger partial charge in [-0.25, -0.2) is 4.39 Å². The lowest BCUT2D eigenvalue weighted by Crippen LogP contribution is -2.29. The Morgan fingerprint density at radius 1 is 1.25 bits per heavy atom. The molecule has 0 aromatic heterocycles. The van der Waals surface area contributed by atoms with Crippen LogP contribution in [0.1, 0.15) is 51.1 Å². The highest BCUT2D eigenvalue weighted by molar-refractivity contribution is 5.19. The van der Waals surface area contributed by atoms with Crippen LogP contribution in [0.25, 0.3) is 0 Å². The summed E-state index contributed by atoms with van der Waals surface area (Å²) in [4.78, 5) is 2.54. The van der Waals surface area contributed by atoms with Gasteiger partial charge in [-0.15, -0.1) is 0 Å². The molecule has 20 heavy (non-hydrogen) atoms. The normalized spacial score (nSPS) is 20.2. The molecule has 1 fully saturated rings. The summed E-state index contributed by atoms with van der Waals surface area (Å²) in [5, 5.41) is 0. The van der Waals surface area contributed by atoms with Crippen molar-refractivity contribution in [2.24, 2.45) is 11.1 Å². The lowest BCUT2D eigenvalue weighted by molar-refractivity contribution is 0.236. The van der Waals surface area contributed by atoms with Crippen LogP contribution in [0.4, 0.5) is 4.39 Å². The molecule has 0 saturated carbocycles. The number of benzene rings is 1. The predicted molar refractivity (Wildman–Crippen MR) is 82.0 cm³/mol. The quantitative estimate of drug-likeness (QED) is 0.859. The van der Waals surface area contributed by atoms with E-state index in [1.165, 1.54) is 44.5 Å². The van der Waals surface area contributed by atoms with Gasteiger partial charge < -0.3 is 10.6 Å². The Kier molecular flexibility index (Phi) is 5.17. The van der Waals surface area contributed by atoms with Crippen LogP contribution in [0.15, 0.2) is 24.3 Å². The van der Waals surface area contributed by atoms with E-state index in [9.17, 15) is 4.39 Å². The van der Waals surface area contributed by atoms with Gasteiger partial charge in [0, 0.05) is 12.6 Å². The van der Waals surface area contributed by atoms with Gasteiger partial charge in [-0.2, -0.15) is 0 Å². The van der Waals surface area contributed by atoms with Crippen molar-refractivity contribution >= 4 is 0 Å². The molecule has 1 aromatic rings. The third-order valence-corrected chi connectivity index (χ3v) is 5.07. The first kappa shape index (κ1) is 15.5. The third kappa shape index (κ3) is 3.58. The van der Waals surface area contributed by atoms with Crippen molar-refractivity contribution in [2.75, 3.05) is 19.6 Å². The molecule has 1 aliphatic rings. The van der Waals surface area contributed by atoms with E-state index in [1.807, 2.05) is 0 Å². The SMILES string of the molecule is CCC1(CC)CCN(CCC(N)c2ccc(F)cc2)C1. The topological polar surface area (TPSA) is 29.3 Å². The Hall–Kier alpha value is -0.930. The second-order valence-electron chi connectivity index (χ2n) is 6.18. The fourth-order valence-corrected chi connectivity index (χ4v) is 3.24. The first-order valence-electron chi connectivity index (χ1n) is 7.82. The number of rotatable bonds is 6. The third-order valence-electron chi connectivity index (χ3n) is 5.07. The van der Waals surface area contributed by atoms with Gasteiger partial charge in [0.15, 0.2) is 0 Å². The zero-order chi connectivity index (χ0) is 14.6. The molecule has 1 atom stereocenters. The molecule has 112 valence electrons. The number of likely N-dealkylation sites (tertiary alicyclic amines) is 1. The van der Waals surface area contributed by atoms with E-state index in [2.05, 4.69) is 18.7 Å². The molecule has 1 unspecified atom stereocenters. The average Bonchev–Trinajstić information content (AvgIpc) is 2.90. The van der Waals surface area contributed by atoms with Crippen LogP contribution in [-0.4, -0.2) is 24.5 Å². The van der Waals surface area contributed by atoms with Crippen molar-refractivity contribution in [1.29, 1.82) is 0 Å². The molecule has 2 nitrogen and oxygen atoms in total. The zero-order valence-electron chi connectivity index (χ0n) is 12.7. The Labute approximate surface area is 122 Å². The summed E-state index contributed by atoms with van der Waals surface area (Å²) < 4.78 is 12.9. The van der Waals surface area contributed by atoms with Gasteiger partial charge in [0.25, 0.3) is 0 Å². The zero-order valence-corrected chi connectivity index (χ0v) is 12.7. The summed E-state index contributed by atoms with van der Waals surface area (Å²) >= 11 is 0. The highest BCUT2D eigenvalue weighted by Crippen LogP contribution is 2.37. The first-order chi connectivity index (χ1) is 9.58. The number of hydrogen-bond donors (Lipinski definition) is 1. The van der Waals surface area contributed by atoms with Crippen LogP contribution in [0.5, 0.6) is 0 Å². The molecular weight excluding hydrogens is 251 g/mol. The summed E-state index contributed by atoms with van der Waals surface area (Å²) in [6.07, 6.45) is 4.79. The molecular formula is C17H27FN2. The maximum atomic E-state index is 12.9. The van der Waals surface area contributed by atoms with Gasteiger partial charge in [-0.3, -0.25) is 0 Å². The van der Waals surface area contributed by atoms with Crippen molar-refractivity contribution in [3.63, 3.8) is 0 Å². The fourth-order valence-electron chi connectivity index (χ4n) is 3.24. The standard InChI is InChI=1S/C17H27FN2/c1-3-17(4-2)10-12-20(13-17)11-9-16(19)14-5-7-15(18)8-6-14/h5-8,16H,3-4,9-13,19H2,1-2H3. The molecule has 0 radical (unpaired) electrons. The van der Waals surface area contributed by atoms with Gasteiger partial charge in [0.1, 0.15) is 5.82 Å². The van der Waals surface area contributed by atoms with Gasteiger partial charge in [-0.1, -0.05) is 26.0 Å². The first-order valence-corrected chi connectivity index (χ1v) is 7.82.